The summed E-state index contributed by atoms with van der Waals surface area (Å²) < 4.78 is 39.3. The van der Waals surface area contributed by atoms with Crippen molar-refractivity contribution in [2.45, 2.75) is 19.8 Å². The van der Waals surface area contributed by atoms with Gasteiger partial charge in [-0.25, -0.2) is 13.5 Å². The zero-order valence-corrected chi connectivity index (χ0v) is 16.1. The maximum atomic E-state index is 13.4. The highest BCUT2D eigenvalue weighted by molar-refractivity contribution is 5.57. The maximum absolute atomic E-state index is 13.4. The third-order valence-corrected chi connectivity index (χ3v) is 4.79. The van der Waals surface area contributed by atoms with Gasteiger partial charge < -0.3 is 14.8 Å². The molecule has 4 rings (SSSR count). The molecular weight excluding hydrogens is 378 g/mol. The zero-order chi connectivity index (χ0) is 20.2. The summed E-state index contributed by atoms with van der Waals surface area (Å²) >= 11 is 0. The number of aryl methyl sites for hydroxylation is 1. The number of hydrogen-bond acceptors (Lipinski definition) is 5. The van der Waals surface area contributed by atoms with E-state index in [9.17, 15) is 8.78 Å². The lowest BCUT2D eigenvalue weighted by molar-refractivity contribution is 0.0497. The highest BCUT2D eigenvalue weighted by atomic mass is 19.2. The van der Waals surface area contributed by atoms with Gasteiger partial charge in [0.1, 0.15) is 12.1 Å². The van der Waals surface area contributed by atoms with Gasteiger partial charge in [0.05, 0.1) is 12.3 Å². The Morgan fingerprint density at radius 3 is 2.76 bits per heavy atom. The lowest BCUT2D eigenvalue weighted by atomic mass is 10.0. The van der Waals surface area contributed by atoms with Gasteiger partial charge in [0, 0.05) is 31.0 Å². The van der Waals surface area contributed by atoms with Crippen molar-refractivity contribution in [2.24, 2.45) is 5.92 Å². The number of hydrogen-bond donors (Lipinski definition) is 1. The monoisotopic (exact) mass is 400 g/mol. The van der Waals surface area contributed by atoms with Crippen LogP contribution in [0.3, 0.4) is 0 Å². The molecule has 0 radical (unpaired) electrons. The SMILES string of the molecule is Cc1cc(Nc2ncn(-c3ccc(F)c(F)c3)n2)cc(OCC2CCOCC2)c1. The summed E-state index contributed by atoms with van der Waals surface area (Å²) in [6.07, 6.45) is 3.47. The molecule has 3 aromatic rings. The van der Waals surface area contributed by atoms with Gasteiger partial charge in [-0.15, -0.1) is 5.10 Å². The van der Waals surface area contributed by atoms with Crippen LogP contribution in [0.4, 0.5) is 20.4 Å². The van der Waals surface area contributed by atoms with Gasteiger partial charge in [0.25, 0.3) is 0 Å². The molecule has 2 aromatic carbocycles. The third-order valence-electron chi connectivity index (χ3n) is 4.79. The standard InChI is InChI=1S/C21H22F2N4O2/c1-14-8-16(10-18(9-14)29-12-15-4-6-28-7-5-15)25-21-24-13-27(26-21)17-2-3-19(22)20(23)11-17/h2-3,8-11,13,15H,4-7,12H2,1H3,(H,25,26). The van der Waals surface area contributed by atoms with Crippen LogP contribution in [0.5, 0.6) is 5.75 Å². The van der Waals surface area contributed by atoms with Gasteiger partial charge in [0.2, 0.25) is 5.95 Å². The Morgan fingerprint density at radius 1 is 1.14 bits per heavy atom. The largest absolute Gasteiger partial charge is 0.493 e. The predicted molar refractivity (Wildman–Crippen MR) is 105 cm³/mol. The van der Waals surface area contributed by atoms with Crippen molar-refractivity contribution < 1.29 is 18.3 Å². The molecule has 0 spiro atoms. The maximum Gasteiger partial charge on any atom is 0.246 e. The summed E-state index contributed by atoms with van der Waals surface area (Å²) in [6, 6.07) is 9.40. The van der Waals surface area contributed by atoms with Crippen LogP contribution in [0, 0.1) is 24.5 Å². The van der Waals surface area contributed by atoms with Crippen molar-refractivity contribution in [1.29, 1.82) is 0 Å². The molecule has 0 atom stereocenters. The molecule has 8 heteroatoms. The average molecular weight is 400 g/mol. The van der Waals surface area contributed by atoms with Crippen LogP contribution in [0.1, 0.15) is 18.4 Å². The molecule has 1 saturated heterocycles. The van der Waals surface area contributed by atoms with Crippen LogP contribution in [0.15, 0.2) is 42.7 Å². The number of benzene rings is 2. The molecule has 0 amide bonds. The zero-order valence-electron chi connectivity index (χ0n) is 16.1. The molecule has 0 bridgehead atoms. The van der Waals surface area contributed by atoms with Crippen molar-refractivity contribution in [3.8, 4) is 11.4 Å². The minimum absolute atomic E-state index is 0.343. The van der Waals surface area contributed by atoms with Crippen molar-refractivity contribution in [1.82, 2.24) is 14.8 Å². The average Bonchev–Trinajstić information content (AvgIpc) is 3.17. The molecule has 1 fully saturated rings. The summed E-state index contributed by atoms with van der Waals surface area (Å²) in [5.74, 6) is -0.207. The van der Waals surface area contributed by atoms with Crippen molar-refractivity contribution in [3.63, 3.8) is 0 Å². The molecule has 29 heavy (non-hydrogen) atoms. The van der Waals surface area contributed by atoms with Crippen LogP contribution in [-0.2, 0) is 4.74 Å². The Hall–Kier alpha value is -3.00. The Bertz CT molecular complexity index is 987. The van der Waals surface area contributed by atoms with Crippen LogP contribution in [0.2, 0.25) is 0 Å². The number of nitrogens with zero attached hydrogens (tertiary/aromatic N) is 3. The lowest BCUT2D eigenvalue weighted by Crippen LogP contribution is -2.21. The molecule has 2 heterocycles. The molecule has 0 aliphatic carbocycles. The normalized spacial score (nSPS) is 14.7. The number of halogens is 2. The Labute approximate surface area is 167 Å². The Morgan fingerprint density at radius 2 is 1.97 bits per heavy atom. The highest BCUT2D eigenvalue weighted by Gasteiger charge is 2.15. The Balaban J connectivity index is 1.44. The van der Waals surface area contributed by atoms with E-state index in [2.05, 4.69) is 15.4 Å². The molecule has 0 unspecified atom stereocenters. The van der Waals surface area contributed by atoms with Crippen LogP contribution in [0.25, 0.3) is 5.69 Å². The van der Waals surface area contributed by atoms with Crippen molar-refractivity contribution in [2.75, 3.05) is 25.1 Å². The second kappa shape index (κ2) is 8.57. The second-order valence-corrected chi connectivity index (χ2v) is 7.14. The molecule has 1 aliphatic heterocycles. The molecule has 0 saturated carbocycles. The molecule has 1 N–H and O–H groups in total. The van der Waals surface area contributed by atoms with Crippen molar-refractivity contribution in [3.05, 3.63) is 59.9 Å². The smallest absolute Gasteiger partial charge is 0.246 e. The first-order chi connectivity index (χ1) is 14.1. The van der Waals surface area contributed by atoms with Gasteiger partial charge in [-0.3, -0.25) is 0 Å². The minimum Gasteiger partial charge on any atom is -0.493 e. The van der Waals surface area contributed by atoms with E-state index in [0.717, 1.165) is 55.2 Å². The molecular formula is C21H22F2N4O2. The van der Waals surface area contributed by atoms with E-state index in [1.54, 1.807) is 0 Å². The summed E-state index contributed by atoms with van der Waals surface area (Å²) in [7, 11) is 0. The first kappa shape index (κ1) is 19.3. The number of ether oxygens (including phenoxy) is 2. The first-order valence-corrected chi connectivity index (χ1v) is 9.53. The fraction of sp³-hybridized carbons (Fsp3) is 0.333. The first-order valence-electron chi connectivity index (χ1n) is 9.53. The van der Waals surface area contributed by atoms with E-state index in [4.69, 9.17) is 9.47 Å². The van der Waals surface area contributed by atoms with Gasteiger partial charge in [-0.2, -0.15) is 4.98 Å². The van der Waals surface area contributed by atoms with E-state index >= 15 is 0 Å². The van der Waals surface area contributed by atoms with Crippen LogP contribution < -0.4 is 10.1 Å². The van der Waals surface area contributed by atoms with Gasteiger partial charge in [-0.1, -0.05) is 0 Å². The topological polar surface area (TPSA) is 61.2 Å². The van der Waals surface area contributed by atoms with Crippen molar-refractivity contribution >= 4 is 11.6 Å². The number of rotatable bonds is 6. The molecule has 152 valence electrons. The molecule has 1 aliphatic rings. The van der Waals surface area contributed by atoms with E-state index in [1.165, 1.54) is 17.1 Å². The van der Waals surface area contributed by atoms with Crippen LogP contribution in [-0.4, -0.2) is 34.6 Å². The molecule has 1 aromatic heterocycles. The summed E-state index contributed by atoms with van der Waals surface area (Å²) in [5, 5.41) is 7.40. The second-order valence-electron chi connectivity index (χ2n) is 7.14. The quantitative estimate of drug-likeness (QED) is 0.664. The fourth-order valence-electron chi connectivity index (χ4n) is 3.23. The van der Waals surface area contributed by atoms with Gasteiger partial charge in [-0.05, 0) is 55.5 Å². The van der Waals surface area contributed by atoms with Gasteiger partial charge >= 0.3 is 0 Å². The summed E-state index contributed by atoms with van der Waals surface area (Å²) in [4.78, 5) is 4.19. The number of nitrogens with one attached hydrogen (secondary N) is 1. The summed E-state index contributed by atoms with van der Waals surface area (Å²) in [5.41, 5.74) is 2.21. The lowest BCUT2D eigenvalue weighted by Gasteiger charge is -2.22. The van der Waals surface area contributed by atoms with E-state index in [1.807, 2.05) is 25.1 Å². The van der Waals surface area contributed by atoms with E-state index < -0.39 is 11.6 Å². The predicted octanol–water partition coefficient (Wildman–Crippen LogP) is 4.40. The molecule has 6 nitrogen and oxygen atoms in total. The third kappa shape index (κ3) is 4.89. The van der Waals surface area contributed by atoms with E-state index in [0.29, 0.717) is 24.2 Å². The van der Waals surface area contributed by atoms with Gasteiger partial charge in [0.15, 0.2) is 11.6 Å². The highest BCUT2D eigenvalue weighted by Crippen LogP contribution is 2.25. The van der Waals surface area contributed by atoms with E-state index in [-0.39, 0.29) is 0 Å². The minimum atomic E-state index is -0.933. The number of anilines is 2. The Kier molecular flexibility index (Phi) is 5.71. The summed E-state index contributed by atoms with van der Waals surface area (Å²) in [6.45, 7) is 4.23. The number of aromatic nitrogens is 3. The van der Waals surface area contributed by atoms with Crippen LogP contribution >= 0.6 is 0 Å². The fourth-order valence-corrected chi connectivity index (χ4v) is 3.23.